The highest BCUT2D eigenvalue weighted by molar-refractivity contribution is 4.68. The van der Waals surface area contributed by atoms with Gasteiger partial charge in [-0.25, -0.2) is 0 Å². The highest BCUT2D eigenvalue weighted by Crippen LogP contribution is 2.02. The molecular weight excluding hydrogens is 236 g/mol. The van der Waals surface area contributed by atoms with Crippen LogP contribution in [-0.4, -0.2) is 75.8 Å². The van der Waals surface area contributed by atoms with Crippen LogP contribution in [0.15, 0.2) is 0 Å². The van der Waals surface area contributed by atoms with E-state index >= 15 is 0 Å². The third-order valence-corrected chi connectivity index (χ3v) is 4.10. The summed E-state index contributed by atoms with van der Waals surface area (Å²) in [7, 11) is 4.46. The fourth-order valence-corrected chi connectivity index (χ4v) is 2.40. The summed E-state index contributed by atoms with van der Waals surface area (Å²) in [6, 6.07) is 0.618. The van der Waals surface area contributed by atoms with Gasteiger partial charge < -0.3 is 20.4 Å². The quantitative estimate of drug-likeness (QED) is 0.683. The van der Waals surface area contributed by atoms with Crippen LogP contribution in [0.1, 0.15) is 26.7 Å². The molecule has 4 heteroatoms. The molecule has 0 spiro atoms. The molecule has 0 saturated carbocycles. The minimum absolute atomic E-state index is 0.618. The number of nitrogens with zero attached hydrogens (tertiary/aromatic N) is 2. The zero-order valence-electron chi connectivity index (χ0n) is 13.4. The Bertz CT molecular complexity index is 200. The number of nitrogens with one attached hydrogen (secondary N) is 2. The van der Waals surface area contributed by atoms with Gasteiger partial charge in [-0.15, -0.1) is 0 Å². The van der Waals surface area contributed by atoms with Crippen molar-refractivity contribution in [1.29, 1.82) is 0 Å². The smallest absolute Gasteiger partial charge is 0.0104 e. The summed E-state index contributed by atoms with van der Waals surface area (Å²) in [6.07, 6.45) is 2.52. The van der Waals surface area contributed by atoms with Crippen molar-refractivity contribution < 1.29 is 0 Å². The fourth-order valence-electron chi connectivity index (χ4n) is 2.40. The maximum Gasteiger partial charge on any atom is 0.0104 e. The second kappa shape index (κ2) is 9.70. The van der Waals surface area contributed by atoms with E-state index in [2.05, 4.69) is 48.4 Å². The van der Waals surface area contributed by atoms with Crippen molar-refractivity contribution >= 4 is 0 Å². The molecule has 0 bridgehead atoms. The number of likely N-dealkylation sites (N-methyl/N-ethyl adjacent to an activating group) is 2. The van der Waals surface area contributed by atoms with Crippen molar-refractivity contribution in [2.24, 2.45) is 5.92 Å². The van der Waals surface area contributed by atoms with E-state index in [9.17, 15) is 0 Å². The molecule has 0 aliphatic carbocycles. The van der Waals surface area contributed by atoms with Gasteiger partial charge >= 0.3 is 0 Å². The fraction of sp³-hybridized carbons (Fsp3) is 1.00. The van der Waals surface area contributed by atoms with Crippen molar-refractivity contribution in [2.45, 2.75) is 32.7 Å². The summed E-state index contributed by atoms with van der Waals surface area (Å²) in [6.45, 7) is 12.7. The molecule has 1 heterocycles. The molecule has 0 aromatic carbocycles. The normalized spacial score (nSPS) is 31.6. The van der Waals surface area contributed by atoms with Crippen molar-refractivity contribution in [3.8, 4) is 0 Å². The van der Waals surface area contributed by atoms with Gasteiger partial charge in [0.2, 0.25) is 0 Å². The van der Waals surface area contributed by atoms with E-state index in [1.54, 1.807) is 0 Å². The standard InChI is InChI=1S/C15H34N4/c1-14-5-9-18(3)12-8-17-15(2)6-10-19(4)11-7-16-13-14/h14-17H,5-13H2,1-4H3. The number of hydrogen-bond donors (Lipinski definition) is 2. The molecule has 0 amide bonds. The number of rotatable bonds is 0. The average Bonchev–Trinajstić information content (AvgIpc) is 2.38. The van der Waals surface area contributed by atoms with Crippen LogP contribution < -0.4 is 10.6 Å². The predicted octanol–water partition coefficient (Wildman–Crippen LogP) is 0.848. The minimum atomic E-state index is 0.618. The summed E-state index contributed by atoms with van der Waals surface area (Å²) in [5, 5.41) is 7.22. The lowest BCUT2D eigenvalue weighted by Crippen LogP contribution is -2.37. The zero-order chi connectivity index (χ0) is 14.1. The van der Waals surface area contributed by atoms with E-state index in [1.807, 2.05) is 0 Å². The van der Waals surface area contributed by atoms with Crippen molar-refractivity contribution in [2.75, 3.05) is 59.9 Å². The SMILES string of the molecule is CC1CCN(C)CCNC(C)CCN(C)CCNC1. The van der Waals surface area contributed by atoms with E-state index < -0.39 is 0 Å². The predicted molar refractivity (Wildman–Crippen MR) is 83.7 cm³/mol. The summed E-state index contributed by atoms with van der Waals surface area (Å²) in [5.74, 6) is 0.768. The van der Waals surface area contributed by atoms with E-state index in [-0.39, 0.29) is 0 Å². The molecule has 0 radical (unpaired) electrons. The molecule has 0 aromatic heterocycles. The number of hydrogen-bond acceptors (Lipinski definition) is 4. The molecule has 2 N–H and O–H groups in total. The van der Waals surface area contributed by atoms with Crippen LogP contribution in [0.25, 0.3) is 0 Å². The second-order valence-corrected chi connectivity index (χ2v) is 6.35. The molecule has 1 aliphatic rings. The van der Waals surface area contributed by atoms with Gasteiger partial charge in [-0.05, 0) is 59.4 Å². The van der Waals surface area contributed by atoms with Gasteiger partial charge in [0.25, 0.3) is 0 Å². The summed E-state index contributed by atoms with van der Waals surface area (Å²) < 4.78 is 0. The van der Waals surface area contributed by atoms with Crippen molar-refractivity contribution in [1.82, 2.24) is 20.4 Å². The molecule has 4 nitrogen and oxygen atoms in total. The molecule has 19 heavy (non-hydrogen) atoms. The highest BCUT2D eigenvalue weighted by Gasteiger charge is 2.08. The van der Waals surface area contributed by atoms with Crippen LogP contribution in [-0.2, 0) is 0 Å². The first kappa shape index (κ1) is 16.9. The molecule has 1 saturated heterocycles. The van der Waals surface area contributed by atoms with Gasteiger partial charge in [0.05, 0.1) is 0 Å². The lowest BCUT2D eigenvalue weighted by atomic mass is 10.1. The Morgan fingerprint density at radius 2 is 1.47 bits per heavy atom. The Kier molecular flexibility index (Phi) is 8.62. The molecule has 1 aliphatic heterocycles. The van der Waals surface area contributed by atoms with Gasteiger partial charge in [0.1, 0.15) is 0 Å². The van der Waals surface area contributed by atoms with Crippen LogP contribution in [0.2, 0.25) is 0 Å². The molecule has 1 fully saturated rings. The topological polar surface area (TPSA) is 30.5 Å². The van der Waals surface area contributed by atoms with Gasteiger partial charge in [-0.3, -0.25) is 0 Å². The zero-order valence-corrected chi connectivity index (χ0v) is 13.4. The van der Waals surface area contributed by atoms with Gasteiger partial charge in [0, 0.05) is 32.2 Å². The maximum absolute atomic E-state index is 3.63. The minimum Gasteiger partial charge on any atom is -0.315 e. The second-order valence-electron chi connectivity index (χ2n) is 6.35. The Balaban J connectivity index is 2.36. The lowest BCUT2D eigenvalue weighted by molar-refractivity contribution is 0.295. The molecule has 0 aromatic rings. The van der Waals surface area contributed by atoms with Gasteiger partial charge in [-0.1, -0.05) is 6.92 Å². The van der Waals surface area contributed by atoms with Crippen LogP contribution in [0.5, 0.6) is 0 Å². The van der Waals surface area contributed by atoms with Crippen LogP contribution in [0.4, 0.5) is 0 Å². The van der Waals surface area contributed by atoms with E-state index in [1.165, 1.54) is 25.9 Å². The Morgan fingerprint density at radius 3 is 2.21 bits per heavy atom. The molecule has 2 unspecified atom stereocenters. The molecule has 1 rings (SSSR count). The summed E-state index contributed by atoms with van der Waals surface area (Å²) in [5.41, 5.74) is 0. The molecular formula is C15H34N4. The third-order valence-electron chi connectivity index (χ3n) is 4.10. The molecule has 114 valence electrons. The average molecular weight is 270 g/mol. The Hall–Kier alpha value is -0.160. The van der Waals surface area contributed by atoms with Gasteiger partial charge in [0.15, 0.2) is 0 Å². The Labute approximate surface area is 119 Å². The Morgan fingerprint density at radius 1 is 0.842 bits per heavy atom. The van der Waals surface area contributed by atoms with Crippen LogP contribution in [0, 0.1) is 5.92 Å². The third kappa shape index (κ3) is 8.58. The van der Waals surface area contributed by atoms with E-state index in [0.29, 0.717) is 6.04 Å². The van der Waals surface area contributed by atoms with Crippen molar-refractivity contribution in [3.63, 3.8) is 0 Å². The van der Waals surface area contributed by atoms with Crippen LogP contribution >= 0.6 is 0 Å². The monoisotopic (exact) mass is 270 g/mol. The first-order valence-electron chi connectivity index (χ1n) is 7.89. The first-order valence-corrected chi connectivity index (χ1v) is 7.89. The van der Waals surface area contributed by atoms with E-state index in [0.717, 1.165) is 38.6 Å². The highest BCUT2D eigenvalue weighted by atomic mass is 15.1. The maximum atomic E-state index is 3.63. The lowest BCUT2D eigenvalue weighted by Gasteiger charge is -2.21. The first-order chi connectivity index (χ1) is 9.08. The summed E-state index contributed by atoms with van der Waals surface area (Å²) >= 11 is 0. The summed E-state index contributed by atoms with van der Waals surface area (Å²) in [4.78, 5) is 4.88. The van der Waals surface area contributed by atoms with Crippen molar-refractivity contribution in [3.05, 3.63) is 0 Å². The van der Waals surface area contributed by atoms with Gasteiger partial charge in [-0.2, -0.15) is 0 Å². The van der Waals surface area contributed by atoms with Crippen LogP contribution in [0.3, 0.4) is 0 Å². The molecule has 2 atom stereocenters. The largest absolute Gasteiger partial charge is 0.315 e. The van der Waals surface area contributed by atoms with E-state index in [4.69, 9.17) is 0 Å².